The van der Waals surface area contributed by atoms with E-state index in [1.54, 1.807) is 18.2 Å². The van der Waals surface area contributed by atoms with Crippen LogP contribution < -0.4 is 10.6 Å². The summed E-state index contributed by atoms with van der Waals surface area (Å²) in [6.45, 7) is 0.505. The third kappa shape index (κ3) is 3.23. The van der Waals surface area contributed by atoms with Crippen LogP contribution >= 0.6 is 12.6 Å². The smallest absolute Gasteiger partial charge is 0.251 e. The highest BCUT2D eigenvalue weighted by Gasteiger charge is 2.19. The number of carbonyl (C=O) groups excluding carboxylic acids is 2. The Kier molecular flexibility index (Phi) is 3.68. The van der Waals surface area contributed by atoms with Crippen molar-refractivity contribution < 1.29 is 9.59 Å². The second kappa shape index (κ2) is 5.23. The van der Waals surface area contributed by atoms with Crippen molar-refractivity contribution in [1.82, 2.24) is 10.6 Å². The number of piperidine rings is 1. The number of hydrogen-bond acceptors (Lipinski definition) is 3. The van der Waals surface area contributed by atoms with Crippen LogP contribution in [0.5, 0.6) is 0 Å². The number of thiol groups is 1. The van der Waals surface area contributed by atoms with E-state index in [0.29, 0.717) is 24.9 Å². The Hall–Kier alpha value is -1.49. The zero-order chi connectivity index (χ0) is 12.3. The maximum Gasteiger partial charge on any atom is 0.251 e. The quantitative estimate of drug-likeness (QED) is 0.685. The summed E-state index contributed by atoms with van der Waals surface area (Å²) < 4.78 is 0. The van der Waals surface area contributed by atoms with E-state index in [2.05, 4.69) is 23.3 Å². The van der Waals surface area contributed by atoms with Gasteiger partial charge in [-0.05, 0) is 24.6 Å². The van der Waals surface area contributed by atoms with Crippen molar-refractivity contribution in [2.75, 3.05) is 6.54 Å². The fourth-order valence-electron chi connectivity index (χ4n) is 1.77. The zero-order valence-electron chi connectivity index (χ0n) is 9.27. The topological polar surface area (TPSA) is 58.2 Å². The molecule has 1 heterocycles. The van der Waals surface area contributed by atoms with Crippen molar-refractivity contribution >= 4 is 24.4 Å². The minimum Gasteiger partial charge on any atom is -0.354 e. The van der Waals surface area contributed by atoms with E-state index in [1.807, 2.05) is 6.07 Å². The van der Waals surface area contributed by atoms with Gasteiger partial charge in [0.1, 0.15) is 0 Å². The molecule has 1 aromatic carbocycles. The second-order valence-electron chi connectivity index (χ2n) is 4.06. The molecule has 0 aromatic heterocycles. The van der Waals surface area contributed by atoms with Gasteiger partial charge in [0.15, 0.2) is 0 Å². The summed E-state index contributed by atoms with van der Waals surface area (Å²) in [7, 11) is 0. The molecule has 0 bridgehead atoms. The molecule has 1 aromatic rings. The van der Waals surface area contributed by atoms with Crippen LogP contribution in [0.2, 0.25) is 0 Å². The first kappa shape index (κ1) is 12.0. The normalized spacial score (nSPS) is 19.6. The van der Waals surface area contributed by atoms with E-state index in [9.17, 15) is 9.59 Å². The molecule has 5 heteroatoms. The maximum absolute atomic E-state index is 11.9. The number of carbonyl (C=O) groups is 2. The third-order valence-electron chi connectivity index (χ3n) is 2.71. The van der Waals surface area contributed by atoms with Crippen LogP contribution in [0.4, 0.5) is 0 Å². The number of nitrogens with one attached hydrogen (secondary N) is 2. The highest BCUT2D eigenvalue weighted by atomic mass is 32.1. The lowest BCUT2D eigenvalue weighted by atomic mass is 10.1. The van der Waals surface area contributed by atoms with Crippen molar-refractivity contribution in [2.24, 2.45) is 0 Å². The predicted molar refractivity (Wildman–Crippen MR) is 67.2 cm³/mol. The standard InChI is InChI=1S/C12H14N2O2S/c15-11-5-4-9(7-13-11)14-12(16)8-2-1-3-10(17)6-8/h1-3,6,9,17H,4-5,7H2,(H,13,15)(H,14,16). The Labute approximate surface area is 105 Å². The van der Waals surface area contributed by atoms with Gasteiger partial charge in [-0.25, -0.2) is 0 Å². The lowest BCUT2D eigenvalue weighted by Crippen LogP contribution is -2.47. The number of amides is 2. The van der Waals surface area contributed by atoms with E-state index in [1.165, 1.54) is 0 Å². The molecule has 90 valence electrons. The molecule has 1 atom stereocenters. The Morgan fingerprint density at radius 3 is 2.94 bits per heavy atom. The van der Waals surface area contributed by atoms with E-state index in [-0.39, 0.29) is 17.9 Å². The molecule has 0 saturated carbocycles. The Morgan fingerprint density at radius 2 is 2.29 bits per heavy atom. The highest BCUT2D eigenvalue weighted by Crippen LogP contribution is 2.10. The molecule has 2 rings (SSSR count). The largest absolute Gasteiger partial charge is 0.354 e. The van der Waals surface area contributed by atoms with Gasteiger partial charge in [-0.3, -0.25) is 9.59 Å². The summed E-state index contributed by atoms with van der Waals surface area (Å²) in [5.74, 6) is -0.0742. The lowest BCUT2D eigenvalue weighted by Gasteiger charge is -2.23. The van der Waals surface area contributed by atoms with Crippen LogP contribution in [0.15, 0.2) is 29.2 Å². The fraction of sp³-hybridized carbons (Fsp3) is 0.333. The molecular weight excluding hydrogens is 236 g/mol. The summed E-state index contributed by atoms with van der Waals surface area (Å²) in [6, 6.07) is 7.10. The summed E-state index contributed by atoms with van der Waals surface area (Å²) in [5.41, 5.74) is 0.592. The maximum atomic E-state index is 11.9. The molecule has 1 unspecified atom stereocenters. The van der Waals surface area contributed by atoms with Crippen LogP contribution in [0, 0.1) is 0 Å². The molecule has 2 N–H and O–H groups in total. The van der Waals surface area contributed by atoms with Crippen LogP contribution in [-0.4, -0.2) is 24.4 Å². The Balaban J connectivity index is 1.95. The van der Waals surface area contributed by atoms with Gasteiger partial charge in [0, 0.05) is 29.5 Å². The van der Waals surface area contributed by atoms with E-state index in [0.717, 1.165) is 4.90 Å². The van der Waals surface area contributed by atoms with Gasteiger partial charge in [0.25, 0.3) is 5.91 Å². The van der Waals surface area contributed by atoms with Crippen molar-refractivity contribution in [1.29, 1.82) is 0 Å². The summed E-state index contributed by atoms with van der Waals surface area (Å²) >= 11 is 4.19. The first-order chi connectivity index (χ1) is 8.15. The number of rotatable bonds is 2. The van der Waals surface area contributed by atoms with Crippen molar-refractivity contribution in [3.05, 3.63) is 29.8 Å². The van der Waals surface area contributed by atoms with Gasteiger partial charge in [-0.1, -0.05) is 6.07 Å². The first-order valence-electron chi connectivity index (χ1n) is 5.52. The van der Waals surface area contributed by atoms with Crippen LogP contribution in [0.1, 0.15) is 23.2 Å². The van der Waals surface area contributed by atoms with Gasteiger partial charge >= 0.3 is 0 Å². The van der Waals surface area contributed by atoms with Crippen LogP contribution in [0.25, 0.3) is 0 Å². The van der Waals surface area contributed by atoms with Crippen molar-refractivity contribution in [2.45, 2.75) is 23.8 Å². The van der Waals surface area contributed by atoms with Gasteiger partial charge in [-0.2, -0.15) is 0 Å². The molecule has 1 aliphatic heterocycles. The average Bonchev–Trinajstić information content (AvgIpc) is 2.32. The lowest BCUT2D eigenvalue weighted by molar-refractivity contribution is -0.122. The zero-order valence-corrected chi connectivity index (χ0v) is 10.2. The summed E-state index contributed by atoms with van der Waals surface area (Å²) in [4.78, 5) is 23.6. The fourth-order valence-corrected chi connectivity index (χ4v) is 2.00. The molecule has 17 heavy (non-hydrogen) atoms. The van der Waals surface area contributed by atoms with Crippen LogP contribution in [0.3, 0.4) is 0 Å². The van der Waals surface area contributed by atoms with Gasteiger partial charge in [0.2, 0.25) is 5.91 Å². The molecule has 1 saturated heterocycles. The molecule has 0 aliphatic carbocycles. The average molecular weight is 250 g/mol. The molecule has 0 spiro atoms. The minimum atomic E-state index is -0.123. The Morgan fingerprint density at radius 1 is 1.47 bits per heavy atom. The molecule has 1 fully saturated rings. The highest BCUT2D eigenvalue weighted by molar-refractivity contribution is 7.80. The third-order valence-corrected chi connectivity index (χ3v) is 2.99. The van der Waals surface area contributed by atoms with Crippen LogP contribution in [-0.2, 0) is 4.79 Å². The van der Waals surface area contributed by atoms with Gasteiger partial charge in [0.05, 0.1) is 0 Å². The Bertz CT molecular complexity index is 438. The van der Waals surface area contributed by atoms with Gasteiger partial charge in [-0.15, -0.1) is 12.6 Å². The van der Waals surface area contributed by atoms with Crippen molar-refractivity contribution in [3.63, 3.8) is 0 Å². The predicted octanol–water partition coefficient (Wildman–Crippen LogP) is 0.984. The minimum absolute atomic E-state index is 0.0174. The van der Waals surface area contributed by atoms with Gasteiger partial charge < -0.3 is 10.6 Å². The molecule has 2 amide bonds. The number of hydrogen-bond donors (Lipinski definition) is 3. The molecular formula is C12H14N2O2S. The monoisotopic (exact) mass is 250 g/mol. The molecule has 0 radical (unpaired) electrons. The van der Waals surface area contributed by atoms with E-state index in [4.69, 9.17) is 0 Å². The molecule has 1 aliphatic rings. The summed E-state index contributed by atoms with van der Waals surface area (Å²) in [5, 5.41) is 5.63. The molecule has 4 nitrogen and oxygen atoms in total. The SMILES string of the molecule is O=C1CCC(NC(=O)c2cccc(S)c2)CN1. The van der Waals surface area contributed by atoms with E-state index < -0.39 is 0 Å². The first-order valence-corrected chi connectivity index (χ1v) is 5.96. The van der Waals surface area contributed by atoms with Crippen molar-refractivity contribution in [3.8, 4) is 0 Å². The summed E-state index contributed by atoms with van der Waals surface area (Å²) in [6.07, 6.45) is 1.16. The van der Waals surface area contributed by atoms with E-state index >= 15 is 0 Å². The number of benzene rings is 1. The second-order valence-corrected chi connectivity index (χ2v) is 4.58.